The summed E-state index contributed by atoms with van der Waals surface area (Å²) in [7, 11) is -2.74. The number of methoxy groups -OCH3 is 1. The second-order valence-corrected chi connectivity index (χ2v) is 12.6. The zero-order valence-corrected chi connectivity index (χ0v) is 24.4. The molecule has 19 nitrogen and oxygen atoms in total. The van der Waals surface area contributed by atoms with Crippen LogP contribution in [0.2, 0.25) is 0 Å². The van der Waals surface area contributed by atoms with E-state index in [1.165, 1.54) is 24.2 Å². The molecule has 3 unspecified atom stereocenters. The highest BCUT2D eigenvalue weighted by atomic mass is 31.2. The molecule has 3 fully saturated rings. The van der Waals surface area contributed by atoms with Gasteiger partial charge >= 0.3 is 13.4 Å². The van der Waals surface area contributed by atoms with Gasteiger partial charge in [0.2, 0.25) is 5.95 Å². The molecule has 0 bridgehead atoms. The fraction of sp³-hybridized carbons (Fsp3) is 0.625. The number of hydrogen-bond donors (Lipinski definition) is 5. The van der Waals surface area contributed by atoms with Crippen molar-refractivity contribution in [3.8, 4) is 0 Å². The van der Waals surface area contributed by atoms with E-state index in [0.717, 1.165) is 23.5 Å². The monoisotopic (exact) mass is 640 g/mol. The fourth-order valence-electron chi connectivity index (χ4n) is 5.73. The Morgan fingerprint density at radius 2 is 1.93 bits per heavy atom. The van der Waals surface area contributed by atoms with Gasteiger partial charge in [-0.25, -0.2) is 19.0 Å². The molecule has 0 radical (unpaired) electrons. The average Bonchev–Trinajstić information content (AvgIpc) is 3.78. The van der Waals surface area contributed by atoms with Crippen molar-refractivity contribution in [2.45, 2.75) is 62.2 Å². The van der Waals surface area contributed by atoms with Gasteiger partial charge in [-0.2, -0.15) is 4.98 Å². The molecule has 44 heavy (non-hydrogen) atoms. The highest BCUT2D eigenvalue weighted by molar-refractivity contribution is 7.51. The molecule has 240 valence electrons. The van der Waals surface area contributed by atoms with E-state index in [2.05, 4.69) is 19.9 Å². The van der Waals surface area contributed by atoms with Gasteiger partial charge in [0.1, 0.15) is 36.7 Å². The quantitative estimate of drug-likeness (QED) is 0.157. The van der Waals surface area contributed by atoms with Crippen LogP contribution in [0.1, 0.15) is 31.7 Å². The summed E-state index contributed by atoms with van der Waals surface area (Å²) in [6, 6.07) is 1.13. The molecule has 0 saturated carbocycles. The van der Waals surface area contributed by atoms with Crippen LogP contribution in [0.3, 0.4) is 0 Å². The lowest BCUT2D eigenvalue weighted by Gasteiger charge is -2.30. The highest BCUT2D eigenvalue weighted by Gasteiger charge is 2.49. The summed E-state index contributed by atoms with van der Waals surface area (Å²) in [6.07, 6.45) is -2.95. The number of anilines is 1. The van der Waals surface area contributed by atoms with E-state index in [1.54, 1.807) is 4.67 Å². The summed E-state index contributed by atoms with van der Waals surface area (Å²) < 4.78 is 47.8. The maximum Gasteiger partial charge on any atom is 0.408 e. The molecule has 3 aromatic heterocycles. The van der Waals surface area contributed by atoms with Crippen LogP contribution in [0, 0.1) is 0 Å². The molecule has 6 N–H and O–H groups in total. The number of hydrogen-bond acceptors (Lipinski definition) is 14. The summed E-state index contributed by atoms with van der Waals surface area (Å²) in [5.41, 5.74) is 4.04. The van der Waals surface area contributed by atoms with Crippen LogP contribution in [-0.4, -0.2) is 108 Å². The van der Waals surface area contributed by atoms with Gasteiger partial charge in [0, 0.05) is 38.9 Å². The van der Waals surface area contributed by atoms with Gasteiger partial charge in [0.25, 0.3) is 11.1 Å². The van der Waals surface area contributed by atoms with Gasteiger partial charge in [-0.15, -0.1) is 0 Å². The Labute approximate surface area is 248 Å². The normalized spacial score (nSPS) is 30.8. The summed E-state index contributed by atoms with van der Waals surface area (Å²) in [4.78, 5) is 48.9. The number of imidazole rings is 1. The van der Waals surface area contributed by atoms with Crippen LogP contribution in [0.4, 0.5) is 5.95 Å². The van der Waals surface area contributed by atoms with Crippen molar-refractivity contribution in [3.05, 3.63) is 49.8 Å². The Balaban J connectivity index is 1.21. The zero-order valence-electron chi connectivity index (χ0n) is 23.6. The number of nitrogen functional groups attached to an aromatic ring is 1. The van der Waals surface area contributed by atoms with Crippen molar-refractivity contribution in [3.63, 3.8) is 0 Å². The molecular weight excluding hydrogens is 607 g/mol. The number of ether oxygens (including phenoxy) is 3. The third-order valence-corrected chi connectivity index (χ3v) is 10.0. The van der Waals surface area contributed by atoms with Gasteiger partial charge in [-0.05, 0) is 12.8 Å². The molecular formula is C24H33N8O11P. The number of fused-ring (bicyclic) bond motifs is 1. The third-order valence-electron chi connectivity index (χ3n) is 7.93. The molecule has 8 atom stereocenters. The van der Waals surface area contributed by atoms with Crippen LogP contribution in [-0.2, 0) is 27.8 Å². The number of nitrogens with one attached hydrogen (secondary N) is 2. The minimum Gasteiger partial charge on any atom is -0.394 e. The standard InChI is InChI=1S/C24H33N8O11P/c1-39-19-18(35)14(42-22(19)31-7-4-15(34)27-24(31)37)10-40-44(38,30-5-2-3-6-30)43-12-8-16(41-13(12)9-33)32-11-26-17-20(32)28-23(25)29-21(17)36/h4,7,11-14,16,18-19,22,33,35H,2-3,5-6,8-10H2,1H3,(H,27,34,37)(H3,25,28,29,36)/t12?,13-,14-,16-,18?,19-,22-,44?/m1/s1. The Bertz CT molecular complexity index is 1720. The van der Waals surface area contributed by atoms with Crippen molar-refractivity contribution < 1.29 is 38.0 Å². The minimum absolute atomic E-state index is 0.0469. The largest absolute Gasteiger partial charge is 0.408 e. The number of aliphatic hydroxyl groups is 2. The zero-order chi connectivity index (χ0) is 31.2. The summed E-state index contributed by atoms with van der Waals surface area (Å²) in [6.45, 7) is -0.0391. The van der Waals surface area contributed by atoms with Gasteiger partial charge < -0.3 is 30.2 Å². The first-order valence-corrected chi connectivity index (χ1v) is 15.5. The van der Waals surface area contributed by atoms with E-state index in [4.69, 9.17) is 29.0 Å². The first-order valence-electron chi connectivity index (χ1n) is 14.0. The van der Waals surface area contributed by atoms with Crippen LogP contribution in [0.5, 0.6) is 0 Å². The number of aromatic amines is 2. The molecule has 3 aromatic rings. The topological polar surface area (TPSA) is 251 Å². The fourth-order valence-corrected chi connectivity index (χ4v) is 7.75. The van der Waals surface area contributed by atoms with Crippen molar-refractivity contribution in [2.24, 2.45) is 0 Å². The number of aliphatic hydroxyl groups excluding tert-OH is 2. The summed E-state index contributed by atoms with van der Waals surface area (Å²) >= 11 is 0. The van der Waals surface area contributed by atoms with E-state index in [9.17, 15) is 29.2 Å². The number of nitrogens with zero attached hydrogens (tertiary/aromatic N) is 5. The van der Waals surface area contributed by atoms with Crippen molar-refractivity contribution in [1.29, 1.82) is 0 Å². The van der Waals surface area contributed by atoms with Gasteiger partial charge in [0.15, 0.2) is 17.4 Å². The molecule has 0 aromatic carbocycles. The molecule has 3 saturated heterocycles. The Morgan fingerprint density at radius 3 is 2.64 bits per heavy atom. The number of rotatable bonds is 10. The Kier molecular flexibility index (Phi) is 8.57. The van der Waals surface area contributed by atoms with Crippen molar-refractivity contribution >= 4 is 24.9 Å². The van der Waals surface area contributed by atoms with Crippen molar-refractivity contribution in [1.82, 2.24) is 33.7 Å². The number of aromatic nitrogens is 6. The number of nitrogens with two attached hydrogens (primary N) is 1. The molecule has 6 heterocycles. The predicted molar refractivity (Wildman–Crippen MR) is 149 cm³/mol. The maximum atomic E-state index is 14.4. The number of H-pyrrole nitrogens is 2. The first-order chi connectivity index (χ1) is 21.1. The molecule has 0 spiro atoms. The average molecular weight is 641 g/mol. The van der Waals surface area contributed by atoms with Crippen LogP contribution in [0.15, 0.2) is 33.0 Å². The van der Waals surface area contributed by atoms with E-state index in [-0.39, 0.29) is 23.5 Å². The smallest absolute Gasteiger partial charge is 0.394 e. The van der Waals surface area contributed by atoms with Gasteiger partial charge in [-0.3, -0.25) is 37.7 Å². The van der Waals surface area contributed by atoms with Crippen LogP contribution >= 0.6 is 7.75 Å². The van der Waals surface area contributed by atoms with Crippen molar-refractivity contribution in [2.75, 3.05) is 39.1 Å². The van der Waals surface area contributed by atoms with E-state index in [1.807, 2.05) is 0 Å². The second-order valence-electron chi connectivity index (χ2n) is 10.7. The van der Waals surface area contributed by atoms with E-state index in [0.29, 0.717) is 13.1 Å². The molecule has 20 heteroatoms. The molecule has 3 aliphatic rings. The van der Waals surface area contributed by atoms with E-state index >= 15 is 0 Å². The predicted octanol–water partition coefficient (Wildman–Crippen LogP) is -1.59. The summed E-state index contributed by atoms with van der Waals surface area (Å²) in [5.74, 6) is -0.111. The first kappa shape index (κ1) is 30.8. The summed E-state index contributed by atoms with van der Waals surface area (Å²) in [5, 5.41) is 21.1. The van der Waals surface area contributed by atoms with Crippen LogP contribution < -0.4 is 22.5 Å². The van der Waals surface area contributed by atoms with E-state index < -0.39 is 80.7 Å². The maximum absolute atomic E-state index is 14.4. The molecule has 3 aliphatic heterocycles. The van der Waals surface area contributed by atoms with Gasteiger partial charge in [-0.1, -0.05) is 0 Å². The lowest BCUT2D eigenvalue weighted by Crippen LogP contribution is -2.39. The Morgan fingerprint density at radius 1 is 1.16 bits per heavy atom. The molecule has 0 aliphatic carbocycles. The lowest BCUT2D eigenvalue weighted by atomic mass is 10.1. The second kappa shape index (κ2) is 12.3. The molecule has 6 rings (SSSR count). The third kappa shape index (κ3) is 5.66. The molecule has 0 amide bonds. The van der Waals surface area contributed by atoms with Gasteiger partial charge in [0.05, 0.1) is 19.5 Å². The lowest BCUT2D eigenvalue weighted by molar-refractivity contribution is -0.0646. The van der Waals surface area contributed by atoms with Crippen LogP contribution in [0.25, 0.3) is 11.2 Å². The Hall–Kier alpha value is -3.26. The minimum atomic E-state index is -4.07. The highest BCUT2D eigenvalue weighted by Crippen LogP contribution is 2.57. The SMILES string of the molecule is CO[C@@H]1C(O)[C@@H](COP(=O)(OC2C[C@H](n3cnc4c(=O)[nH]c(N)nc43)O[C@@H]2CO)N2CCCC2)O[C@H]1n1ccc(=O)[nH]c1=O.